The van der Waals surface area contributed by atoms with Crippen LogP contribution in [0.3, 0.4) is 0 Å². The van der Waals surface area contributed by atoms with Gasteiger partial charge in [-0.05, 0) is 0 Å². The van der Waals surface area contributed by atoms with Crippen molar-refractivity contribution in [1.29, 1.82) is 0 Å². The van der Waals surface area contributed by atoms with Crippen LogP contribution in [0.25, 0.3) is 0 Å². The van der Waals surface area contributed by atoms with Crippen molar-refractivity contribution < 1.29 is 0 Å². The lowest BCUT2D eigenvalue weighted by molar-refractivity contribution is 0.845. The van der Waals surface area contributed by atoms with Crippen LogP contribution in [-0.4, -0.2) is 14.8 Å². The van der Waals surface area contributed by atoms with Gasteiger partial charge >= 0.3 is 0 Å². The lowest BCUT2D eigenvalue weighted by atomic mass is 10.4. The molecule has 0 rings (SSSR count). The molecule has 1 unspecified atom stereocenters. The van der Waals surface area contributed by atoms with E-state index in [-0.39, 0.29) is 0 Å². The SMILES string of the molecule is CCSSC(C)CC(Cl)(Cl)Cl. The van der Waals surface area contributed by atoms with Gasteiger partial charge in [0.2, 0.25) is 0 Å². The fraction of sp³-hybridized carbons (Fsp3) is 1.00. The van der Waals surface area contributed by atoms with Crippen LogP contribution in [0.15, 0.2) is 0 Å². The molecule has 68 valence electrons. The predicted octanol–water partition coefficient (Wildman–Crippen LogP) is 4.54. The van der Waals surface area contributed by atoms with E-state index in [1.54, 1.807) is 21.6 Å². The highest BCUT2D eigenvalue weighted by Crippen LogP contribution is 2.38. The molecule has 0 N–H and O–H groups in total. The number of halogens is 3. The van der Waals surface area contributed by atoms with E-state index in [2.05, 4.69) is 13.8 Å². The second kappa shape index (κ2) is 6.09. The number of alkyl halides is 3. The van der Waals surface area contributed by atoms with Crippen molar-refractivity contribution in [3.8, 4) is 0 Å². The molecule has 0 aliphatic rings. The molecule has 11 heavy (non-hydrogen) atoms. The summed E-state index contributed by atoms with van der Waals surface area (Å²) in [7, 11) is 3.56. The standard InChI is InChI=1S/C6H11Cl3S2/c1-3-10-11-5(2)4-6(7,8)9/h5H,3-4H2,1-2H3. The fourth-order valence-electron chi connectivity index (χ4n) is 0.544. The summed E-state index contributed by atoms with van der Waals surface area (Å²) in [6.07, 6.45) is 0.606. The highest BCUT2D eigenvalue weighted by Gasteiger charge is 2.23. The summed E-state index contributed by atoms with van der Waals surface area (Å²) in [6, 6.07) is 0. The van der Waals surface area contributed by atoms with Gasteiger partial charge in [-0.1, -0.05) is 70.2 Å². The second-order valence-corrected chi connectivity index (χ2v) is 7.74. The third kappa shape index (κ3) is 9.48. The van der Waals surface area contributed by atoms with Gasteiger partial charge in [-0.3, -0.25) is 0 Å². The zero-order valence-corrected chi connectivity index (χ0v) is 10.3. The molecule has 0 saturated carbocycles. The molecular weight excluding hydrogens is 243 g/mol. The molecule has 0 spiro atoms. The van der Waals surface area contributed by atoms with Gasteiger partial charge in [0, 0.05) is 17.4 Å². The van der Waals surface area contributed by atoms with Crippen molar-refractivity contribution in [2.45, 2.75) is 29.3 Å². The van der Waals surface area contributed by atoms with E-state index in [0.717, 1.165) is 5.75 Å². The smallest absolute Gasteiger partial charge is 0.0942 e. The first-order valence-corrected chi connectivity index (χ1v) is 6.82. The molecule has 1 atom stereocenters. The van der Waals surface area contributed by atoms with Gasteiger partial charge in [-0.25, -0.2) is 0 Å². The zero-order valence-electron chi connectivity index (χ0n) is 6.44. The zero-order chi connectivity index (χ0) is 8.91. The van der Waals surface area contributed by atoms with Gasteiger partial charge in [-0.2, -0.15) is 0 Å². The maximum atomic E-state index is 5.62. The fourth-order valence-corrected chi connectivity index (χ4v) is 3.51. The Labute approximate surface area is 91.1 Å². The topological polar surface area (TPSA) is 0 Å². The second-order valence-electron chi connectivity index (χ2n) is 2.13. The molecule has 0 aliphatic carbocycles. The Morgan fingerprint density at radius 2 is 1.91 bits per heavy atom. The van der Waals surface area contributed by atoms with Gasteiger partial charge in [0.1, 0.15) is 0 Å². The number of rotatable bonds is 4. The molecule has 0 fully saturated rings. The van der Waals surface area contributed by atoms with Crippen molar-refractivity contribution in [2.75, 3.05) is 5.75 Å². The van der Waals surface area contributed by atoms with Crippen LogP contribution < -0.4 is 0 Å². The Morgan fingerprint density at radius 3 is 2.27 bits per heavy atom. The Kier molecular flexibility index (Phi) is 6.96. The third-order valence-electron chi connectivity index (χ3n) is 0.869. The summed E-state index contributed by atoms with van der Waals surface area (Å²) < 4.78 is -1.10. The van der Waals surface area contributed by atoms with Gasteiger partial charge < -0.3 is 0 Å². The minimum absolute atomic E-state index is 0.396. The minimum atomic E-state index is -1.10. The van der Waals surface area contributed by atoms with Crippen LogP contribution >= 0.6 is 56.4 Å². The molecule has 0 aromatic rings. The van der Waals surface area contributed by atoms with E-state index in [1.807, 2.05) is 0 Å². The first-order chi connectivity index (χ1) is 4.95. The monoisotopic (exact) mass is 252 g/mol. The summed E-state index contributed by atoms with van der Waals surface area (Å²) in [5.74, 6) is 1.09. The lowest BCUT2D eigenvalue weighted by Crippen LogP contribution is -2.09. The van der Waals surface area contributed by atoms with Gasteiger partial charge in [0.05, 0.1) is 0 Å². The van der Waals surface area contributed by atoms with E-state index < -0.39 is 3.79 Å². The summed E-state index contributed by atoms with van der Waals surface area (Å²) in [4.78, 5) is 0. The average Bonchev–Trinajstić information content (AvgIpc) is 1.79. The van der Waals surface area contributed by atoms with E-state index in [9.17, 15) is 0 Å². The van der Waals surface area contributed by atoms with Crippen LogP contribution in [0.1, 0.15) is 20.3 Å². The normalized spacial score (nSPS) is 15.0. The molecule has 0 bridgehead atoms. The molecule has 0 heterocycles. The predicted molar refractivity (Wildman–Crippen MR) is 60.1 cm³/mol. The number of hydrogen-bond acceptors (Lipinski definition) is 2. The molecule has 0 radical (unpaired) electrons. The van der Waals surface area contributed by atoms with Crippen LogP contribution in [0.2, 0.25) is 0 Å². The maximum Gasteiger partial charge on any atom is 0.191 e. The maximum absolute atomic E-state index is 5.62. The Hall–Kier alpha value is 1.57. The summed E-state index contributed by atoms with van der Waals surface area (Å²) in [5, 5.41) is 0.396. The lowest BCUT2D eigenvalue weighted by Gasteiger charge is -2.15. The molecule has 0 amide bonds. The highest BCUT2D eigenvalue weighted by molar-refractivity contribution is 8.76. The molecular formula is C6H11Cl3S2. The summed E-state index contributed by atoms with van der Waals surface area (Å²) in [6.45, 7) is 4.18. The van der Waals surface area contributed by atoms with E-state index in [0.29, 0.717) is 11.7 Å². The largest absolute Gasteiger partial charge is 0.191 e. The van der Waals surface area contributed by atoms with E-state index in [4.69, 9.17) is 34.8 Å². The van der Waals surface area contributed by atoms with Gasteiger partial charge in [0.15, 0.2) is 3.79 Å². The third-order valence-corrected chi connectivity index (χ3v) is 4.30. The molecule has 0 saturated heterocycles. The van der Waals surface area contributed by atoms with Crippen LogP contribution in [0.5, 0.6) is 0 Å². The minimum Gasteiger partial charge on any atom is -0.0942 e. The van der Waals surface area contributed by atoms with Crippen molar-refractivity contribution in [1.82, 2.24) is 0 Å². The quantitative estimate of drug-likeness (QED) is 0.533. The molecule has 0 aliphatic heterocycles. The first-order valence-electron chi connectivity index (χ1n) is 3.30. The van der Waals surface area contributed by atoms with Crippen LogP contribution in [0.4, 0.5) is 0 Å². The Balaban J connectivity index is 3.44. The Bertz CT molecular complexity index is 102. The van der Waals surface area contributed by atoms with Crippen molar-refractivity contribution in [2.24, 2.45) is 0 Å². The van der Waals surface area contributed by atoms with Crippen molar-refractivity contribution in [3.63, 3.8) is 0 Å². The van der Waals surface area contributed by atoms with Crippen molar-refractivity contribution in [3.05, 3.63) is 0 Å². The summed E-state index contributed by atoms with van der Waals surface area (Å²) in [5.41, 5.74) is 0. The highest BCUT2D eigenvalue weighted by atomic mass is 35.6. The van der Waals surface area contributed by atoms with E-state index >= 15 is 0 Å². The molecule has 0 aromatic carbocycles. The summed E-state index contributed by atoms with van der Waals surface area (Å²) >= 11 is 16.8. The van der Waals surface area contributed by atoms with Crippen molar-refractivity contribution >= 4 is 56.4 Å². The molecule has 0 aromatic heterocycles. The molecule has 0 nitrogen and oxygen atoms in total. The average molecular weight is 254 g/mol. The molecule has 5 heteroatoms. The van der Waals surface area contributed by atoms with Gasteiger partial charge in [-0.15, -0.1) is 0 Å². The van der Waals surface area contributed by atoms with Gasteiger partial charge in [0.25, 0.3) is 0 Å². The van der Waals surface area contributed by atoms with Crippen LogP contribution in [-0.2, 0) is 0 Å². The van der Waals surface area contributed by atoms with E-state index in [1.165, 1.54) is 0 Å². The number of hydrogen-bond donors (Lipinski definition) is 0. The van der Waals surface area contributed by atoms with Crippen LogP contribution in [0, 0.1) is 0 Å². The Morgan fingerprint density at radius 1 is 1.36 bits per heavy atom. The first kappa shape index (κ1) is 12.6.